The van der Waals surface area contributed by atoms with Gasteiger partial charge in [0.05, 0.1) is 11.7 Å². The average molecular weight is 491 g/mol. The first-order valence-electron chi connectivity index (χ1n) is 12.0. The van der Waals surface area contributed by atoms with Crippen molar-refractivity contribution in [2.45, 2.75) is 38.6 Å². The van der Waals surface area contributed by atoms with Gasteiger partial charge in [0.2, 0.25) is 0 Å². The van der Waals surface area contributed by atoms with E-state index < -0.39 is 18.0 Å². The number of Topliss-reactive ketones (excluding diaryl/α,β-unsaturated/α-hetero) is 1. The molecule has 0 bridgehead atoms. The fourth-order valence-electron chi connectivity index (χ4n) is 5.24. The van der Waals surface area contributed by atoms with Crippen molar-refractivity contribution in [3.8, 4) is 0 Å². The number of aliphatic carboxylic acids is 1. The van der Waals surface area contributed by atoms with Crippen molar-refractivity contribution in [3.63, 3.8) is 0 Å². The molecule has 0 radical (unpaired) electrons. The van der Waals surface area contributed by atoms with Crippen molar-refractivity contribution in [2.75, 3.05) is 13.1 Å². The lowest BCUT2D eigenvalue weighted by molar-refractivity contribution is -0.139. The van der Waals surface area contributed by atoms with Gasteiger partial charge in [0, 0.05) is 31.3 Å². The first kappa shape index (κ1) is 23.7. The molecule has 1 aromatic heterocycles. The summed E-state index contributed by atoms with van der Waals surface area (Å²) in [5, 5.41) is 20.2. The van der Waals surface area contributed by atoms with Crippen LogP contribution in [0, 0.1) is 18.7 Å². The van der Waals surface area contributed by atoms with Crippen molar-refractivity contribution in [1.82, 2.24) is 20.4 Å². The van der Waals surface area contributed by atoms with Gasteiger partial charge in [-0.1, -0.05) is 12.1 Å². The molecule has 2 aliphatic rings. The molecule has 1 atom stereocenters. The summed E-state index contributed by atoms with van der Waals surface area (Å²) in [7, 11) is 0. The van der Waals surface area contributed by atoms with Crippen LogP contribution in [0.5, 0.6) is 0 Å². The lowest BCUT2D eigenvalue weighted by Gasteiger charge is -2.34. The van der Waals surface area contributed by atoms with Gasteiger partial charge in [-0.3, -0.25) is 9.89 Å². The third-order valence-electron chi connectivity index (χ3n) is 7.15. The summed E-state index contributed by atoms with van der Waals surface area (Å²) >= 11 is 0. The summed E-state index contributed by atoms with van der Waals surface area (Å²) in [6, 6.07) is 6.77. The number of aromatic amines is 1. The maximum Gasteiger partial charge on any atom is 0.326 e. The predicted octanol–water partition coefficient (Wildman–Crippen LogP) is 3.64. The van der Waals surface area contributed by atoms with E-state index in [1.807, 2.05) is 25.1 Å². The number of carboxylic acids is 1. The minimum absolute atomic E-state index is 0.00757. The van der Waals surface area contributed by atoms with E-state index in [1.54, 1.807) is 17.2 Å². The first-order chi connectivity index (χ1) is 17.3. The SMILES string of the molecule is Cc1cc(C[C@@H](NC(=O)N2CCC(C3=Cc4ccc(F)cc4CC3=O)CC2)C(=O)O)cc2cn[nH]c12. The third kappa shape index (κ3) is 4.73. The van der Waals surface area contributed by atoms with E-state index in [4.69, 9.17) is 0 Å². The molecule has 0 spiro atoms. The number of amides is 2. The van der Waals surface area contributed by atoms with Gasteiger partial charge >= 0.3 is 12.0 Å². The summed E-state index contributed by atoms with van der Waals surface area (Å²) in [5.74, 6) is -1.45. The molecule has 0 unspecified atom stereocenters. The smallest absolute Gasteiger partial charge is 0.326 e. The number of nitrogens with one attached hydrogen (secondary N) is 2. The van der Waals surface area contributed by atoms with Gasteiger partial charge in [0.25, 0.3) is 0 Å². The van der Waals surface area contributed by atoms with Crippen LogP contribution in [0.1, 0.15) is 35.1 Å². The summed E-state index contributed by atoms with van der Waals surface area (Å²) in [6.07, 6.45) is 5.09. The zero-order valence-corrected chi connectivity index (χ0v) is 19.9. The van der Waals surface area contributed by atoms with E-state index in [2.05, 4.69) is 15.5 Å². The van der Waals surface area contributed by atoms with Crippen LogP contribution in [0.4, 0.5) is 9.18 Å². The van der Waals surface area contributed by atoms with Crippen molar-refractivity contribution in [2.24, 2.45) is 5.92 Å². The quantitative estimate of drug-likeness (QED) is 0.505. The highest BCUT2D eigenvalue weighted by atomic mass is 19.1. The zero-order chi connectivity index (χ0) is 25.4. The number of benzene rings is 2. The molecule has 36 heavy (non-hydrogen) atoms. The number of likely N-dealkylation sites (tertiary alicyclic amines) is 1. The highest BCUT2D eigenvalue weighted by Crippen LogP contribution is 2.32. The van der Waals surface area contributed by atoms with Crippen LogP contribution in [0.3, 0.4) is 0 Å². The Bertz CT molecular complexity index is 1390. The summed E-state index contributed by atoms with van der Waals surface area (Å²) in [4.78, 5) is 39.1. The molecule has 0 saturated carbocycles. The number of fused-ring (bicyclic) bond motifs is 2. The van der Waals surface area contributed by atoms with Gasteiger partial charge in [-0.15, -0.1) is 0 Å². The number of aromatic nitrogens is 2. The van der Waals surface area contributed by atoms with Crippen molar-refractivity contribution >= 4 is 34.8 Å². The number of hydrogen-bond acceptors (Lipinski definition) is 4. The molecule has 3 aromatic rings. The van der Waals surface area contributed by atoms with Crippen molar-refractivity contribution in [1.29, 1.82) is 0 Å². The molecular formula is C27H27FN4O4. The second-order valence-corrected chi connectivity index (χ2v) is 9.60. The molecule has 1 aliphatic carbocycles. The Hall–Kier alpha value is -4.01. The Morgan fingerprint density at radius 3 is 2.78 bits per heavy atom. The second-order valence-electron chi connectivity index (χ2n) is 9.60. The third-order valence-corrected chi connectivity index (χ3v) is 7.15. The number of allylic oxidation sites excluding steroid dienone is 1. The first-order valence-corrected chi connectivity index (χ1v) is 12.0. The minimum Gasteiger partial charge on any atom is -0.480 e. The normalized spacial score (nSPS) is 17.0. The number of aryl methyl sites for hydroxylation is 1. The number of piperidine rings is 1. The van der Waals surface area contributed by atoms with Crippen LogP contribution in [0.2, 0.25) is 0 Å². The number of carbonyl (C=O) groups excluding carboxylic acids is 2. The topological polar surface area (TPSA) is 115 Å². The second kappa shape index (κ2) is 9.56. The van der Waals surface area contributed by atoms with E-state index in [1.165, 1.54) is 12.1 Å². The molecule has 8 nitrogen and oxygen atoms in total. The van der Waals surface area contributed by atoms with Gasteiger partial charge in [-0.25, -0.2) is 14.0 Å². The largest absolute Gasteiger partial charge is 0.480 e. The Morgan fingerprint density at radius 1 is 1.25 bits per heavy atom. The molecule has 2 heterocycles. The average Bonchev–Trinajstić information content (AvgIpc) is 3.32. The Morgan fingerprint density at radius 2 is 2.03 bits per heavy atom. The minimum atomic E-state index is -1.10. The van der Waals surface area contributed by atoms with E-state index in [0.717, 1.165) is 33.2 Å². The number of hydrogen-bond donors (Lipinski definition) is 3. The van der Waals surface area contributed by atoms with Gasteiger partial charge in [0.15, 0.2) is 5.78 Å². The highest BCUT2D eigenvalue weighted by Gasteiger charge is 2.31. The predicted molar refractivity (Wildman–Crippen MR) is 132 cm³/mol. The summed E-state index contributed by atoms with van der Waals surface area (Å²) < 4.78 is 13.5. The molecular weight excluding hydrogens is 463 g/mol. The van der Waals surface area contributed by atoms with Gasteiger partial charge in [-0.05, 0) is 77.8 Å². The van der Waals surface area contributed by atoms with Gasteiger partial charge in [-0.2, -0.15) is 5.10 Å². The number of nitrogens with zero attached hydrogens (tertiary/aromatic N) is 2. The van der Waals surface area contributed by atoms with Crippen molar-refractivity contribution in [3.05, 3.63) is 70.2 Å². The van der Waals surface area contributed by atoms with Crippen molar-refractivity contribution < 1.29 is 23.9 Å². The number of carboxylic acid groups (broad SMARTS) is 1. The fourth-order valence-corrected chi connectivity index (χ4v) is 5.24. The number of urea groups is 1. The number of rotatable bonds is 5. The van der Waals surface area contributed by atoms with Crippen LogP contribution < -0.4 is 5.32 Å². The Kier molecular flexibility index (Phi) is 6.30. The van der Waals surface area contributed by atoms with E-state index in [-0.39, 0.29) is 30.4 Å². The Balaban J connectivity index is 1.22. The maximum absolute atomic E-state index is 13.5. The van der Waals surface area contributed by atoms with E-state index in [0.29, 0.717) is 31.5 Å². The maximum atomic E-state index is 13.5. The monoisotopic (exact) mass is 490 g/mol. The van der Waals surface area contributed by atoms with Gasteiger partial charge in [0.1, 0.15) is 11.9 Å². The highest BCUT2D eigenvalue weighted by molar-refractivity contribution is 6.04. The summed E-state index contributed by atoms with van der Waals surface area (Å²) in [6.45, 7) is 2.76. The summed E-state index contributed by atoms with van der Waals surface area (Å²) in [5.41, 5.74) is 4.94. The lowest BCUT2D eigenvalue weighted by Crippen LogP contribution is -2.51. The number of ketones is 1. The molecule has 2 aromatic carbocycles. The van der Waals surface area contributed by atoms with Crippen LogP contribution in [-0.2, 0) is 22.4 Å². The molecule has 9 heteroatoms. The van der Waals surface area contributed by atoms with Gasteiger partial charge < -0.3 is 15.3 Å². The fraction of sp³-hybridized carbons (Fsp3) is 0.333. The molecule has 1 saturated heterocycles. The van der Waals surface area contributed by atoms with E-state index in [9.17, 15) is 23.9 Å². The number of halogens is 1. The molecule has 1 fully saturated rings. The van der Waals surface area contributed by atoms with Crippen LogP contribution in [0.15, 0.2) is 42.1 Å². The number of H-pyrrole nitrogens is 1. The van der Waals surface area contributed by atoms with Crippen LogP contribution in [-0.4, -0.2) is 57.1 Å². The zero-order valence-electron chi connectivity index (χ0n) is 19.9. The molecule has 186 valence electrons. The molecule has 3 N–H and O–H groups in total. The van der Waals surface area contributed by atoms with Crippen LogP contribution in [0.25, 0.3) is 17.0 Å². The van der Waals surface area contributed by atoms with Crippen LogP contribution >= 0.6 is 0 Å². The standard InChI is InChI=1S/C27H27FN4O4/c1-15-8-16(9-20-14-29-31-25(15)20)10-23(26(34)35)30-27(36)32-6-4-17(5-7-32)22-12-18-2-3-21(28)11-19(18)13-24(22)33/h2-3,8-9,11-12,14,17,23H,4-7,10,13H2,1H3,(H,29,31)(H,30,36)(H,34,35)/t23-/m1/s1. The Labute approximate surface area is 207 Å². The molecule has 1 aliphatic heterocycles. The lowest BCUT2D eigenvalue weighted by atomic mass is 9.80. The molecule has 2 amide bonds. The molecule has 5 rings (SSSR count). The number of carbonyl (C=O) groups is 3. The van der Waals surface area contributed by atoms with E-state index >= 15 is 0 Å².